The van der Waals surface area contributed by atoms with Gasteiger partial charge in [-0.15, -0.1) is 0 Å². The minimum Gasteiger partial charge on any atom is -0.480 e. The van der Waals surface area contributed by atoms with Crippen LogP contribution < -0.4 is 5.32 Å². The molecule has 38 heavy (non-hydrogen) atoms. The highest BCUT2D eigenvalue weighted by Gasteiger charge is 2.58. The first kappa shape index (κ1) is 25.4. The lowest BCUT2D eigenvalue weighted by molar-refractivity contribution is -0.138. The summed E-state index contributed by atoms with van der Waals surface area (Å²) in [4.78, 5) is 38.8. The Morgan fingerprint density at radius 3 is 2.68 bits per heavy atom. The molecule has 0 amide bonds. The normalized spacial score (nSPS) is 25.0. The van der Waals surface area contributed by atoms with Gasteiger partial charge >= 0.3 is 5.97 Å². The van der Waals surface area contributed by atoms with Crippen LogP contribution in [0.25, 0.3) is 16.9 Å². The lowest BCUT2D eigenvalue weighted by atomic mass is 9.58. The van der Waals surface area contributed by atoms with Crippen LogP contribution in [0.3, 0.4) is 0 Å². The molecule has 3 aliphatic rings. The average molecular weight is 579 g/mol. The van der Waals surface area contributed by atoms with Gasteiger partial charge in [0.25, 0.3) is 0 Å². The maximum atomic E-state index is 12.8. The summed E-state index contributed by atoms with van der Waals surface area (Å²) >= 11 is 3.46. The van der Waals surface area contributed by atoms with Gasteiger partial charge in [-0.2, -0.15) is 0 Å². The van der Waals surface area contributed by atoms with Gasteiger partial charge in [-0.25, -0.2) is 14.8 Å². The zero-order chi connectivity index (χ0) is 26.3. The summed E-state index contributed by atoms with van der Waals surface area (Å²) in [5.41, 5.74) is 3.72. The molecule has 2 aromatic heterocycles. The number of piperidine rings is 1. The first-order valence-electron chi connectivity index (χ1n) is 13.6. The van der Waals surface area contributed by atoms with Crippen molar-refractivity contribution in [3.8, 4) is 5.69 Å². The molecule has 2 unspecified atom stereocenters. The second-order valence-electron chi connectivity index (χ2n) is 10.8. The van der Waals surface area contributed by atoms with E-state index in [4.69, 9.17) is 9.98 Å². The van der Waals surface area contributed by atoms with Gasteiger partial charge < -0.3 is 10.4 Å². The third-order valence-corrected chi connectivity index (χ3v) is 9.30. The molecule has 8 nitrogen and oxygen atoms in total. The van der Waals surface area contributed by atoms with E-state index in [2.05, 4.69) is 30.8 Å². The van der Waals surface area contributed by atoms with Crippen molar-refractivity contribution in [2.75, 3.05) is 13.1 Å². The average Bonchev–Trinajstić information content (AvgIpc) is 3.35. The Kier molecular flexibility index (Phi) is 6.90. The van der Waals surface area contributed by atoms with Crippen molar-refractivity contribution in [1.82, 2.24) is 19.9 Å². The van der Waals surface area contributed by atoms with Gasteiger partial charge in [0, 0.05) is 36.5 Å². The Balaban J connectivity index is 1.28. The summed E-state index contributed by atoms with van der Waals surface area (Å²) < 4.78 is 2.13. The third-order valence-electron chi connectivity index (χ3n) is 8.45. The highest BCUT2D eigenvalue weighted by atomic mass is 79.9. The molecule has 2 saturated carbocycles. The largest absolute Gasteiger partial charge is 0.480 e. The van der Waals surface area contributed by atoms with Crippen molar-refractivity contribution < 1.29 is 14.7 Å². The van der Waals surface area contributed by atoms with Crippen LogP contribution in [0.5, 0.6) is 0 Å². The molecule has 0 bridgehead atoms. The summed E-state index contributed by atoms with van der Waals surface area (Å²) in [7, 11) is 0. The quantitative estimate of drug-likeness (QED) is 0.414. The smallest absolute Gasteiger partial charge is 0.328 e. The fraction of sp³-hybridized carbons (Fsp3) is 0.483. The number of imidazole rings is 1. The summed E-state index contributed by atoms with van der Waals surface area (Å²) in [5, 5.41) is 13.5. The minimum atomic E-state index is -0.969. The highest BCUT2D eigenvalue weighted by Crippen LogP contribution is 2.49. The van der Waals surface area contributed by atoms with Crippen molar-refractivity contribution >= 4 is 44.6 Å². The fourth-order valence-corrected chi connectivity index (χ4v) is 7.39. The monoisotopic (exact) mass is 577 g/mol. The number of hydrogen-bond acceptors (Lipinski definition) is 6. The number of alkyl halides is 1. The molecule has 3 atom stereocenters. The van der Waals surface area contributed by atoms with Crippen LogP contribution in [-0.4, -0.2) is 61.1 Å². The van der Waals surface area contributed by atoms with Crippen LogP contribution >= 0.6 is 15.9 Å². The molecule has 0 radical (unpaired) electrons. The highest BCUT2D eigenvalue weighted by molar-refractivity contribution is 9.10. The summed E-state index contributed by atoms with van der Waals surface area (Å²) in [6, 6.07) is 10.9. The number of Topliss-reactive ketones (excluding diaryl/α,β-unsaturated/α-hetero) is 1. The number of rotatable bonds is 6. The Hall–Kier alpha value is -2.91. The van der Waals surface area contributed by atoms with Crippen molar-refractivity contribution in [2.24, 2.45) is 10.4 Å². The van der Waals surface area contributed by atoms with Crippen molar-refractivity contribution in [3.63, 3.8) is 0 Å². The van der Waals surface area contributed by atoms with Crippen LogP contribution in [0.1, 0.15) is 62.3 Å². The van der Waals surface area contributed by atoms with E-state index in [-0.39, 0.29) is 12.2 Å². The van der Waals surface area contributed by atoms with Gasteiger partial charge in [0.2, 0.25) is 0 Å². The number of nitrogens with zero attached hydrogens (tertiary/aromatic N) is 4. The molecule has 6 rings (SSSR count). The van der Waals surface area contributed by atoms with E-state index in [1.165, 1.54) is 0 Å². The Morgan fingerprint density at radius 1 is 1.18 bits per heavy atom. The summed E-state index contributed by atoms with van der Waals surface area (Å²) in [5.74, 6) is 0.502. The van der Waals surface area contributed by atoms with Gasteiger partial charge in [-0.1, -0.05) is 47.3 Å². The number of halogens is 1. The third kappa shape index (κ3) is 4.39. The van der Waals surface area contributed by atoms with E-state index in [0.717, 1.165) is 92.0 Å². The predicted molar refractivity (Wildman–Crippen MR) is 150 cm³/mol. The molecule has 1 aliphatic heterocycles. The van der Waals surface area contributed by atoms with E-state index in [9.17, 15) is 14.7 Å². The number of carboxylic acids is 1. The number of aliphatic imine (C=N–C) groups is 1. The maximum absolute atomic E-state index is 12.8. The molecule has 3 aromatic rings. The molecule has 1 aromatic carbocycles. The predicted octanol–water partition coefficient (Wildman–Crippen LogP) is 4.62. The number of carbonyl (C=O) groups excluding carboxylic acids is 1. The zero-order valence-electron chi connectivity index (χ0n) is 21.3. The lowest BCUT2D eigenvalue weighted by Crippen LogP contribution is -2.61. The molecular weight excluding hydrogens is 546 g/mol. The standard InChI is InChI=1S/C29H32BrN5O3/c30-23-24(29(25(23)36)12-2-1-3-13-29)33-22(28(37)38)16-18-8-10-20(11-9-18)35-26(19-6-4-14-31-17-19)34-21-7-5-15-32-27(21)35/h5,7-11,15,19,22-23,31H,1-4,6,12-14,16-17H2,(H,37,38)/t19?,22-,23?/m0/s1. The van der Waals surface area contributed by atoms with E-state index >= 15 is 0 Å². The number of aromatic nitrogens is 3. The van der Waals surface area contributed by atoms with Gasteiger partial charge in [-0.3, -0.25) is 14.4 Å². The second-order valence-corrected chi connectivity index (χ2v) is 11.7. The SMILES string of the molecule is O=C(O)[C@H](Cc1ccc(-n2c(C3CCCNC3)nc3cccnc32)cc1)N=C1C(Br)C(=O)C12CCCCC2. The van der Waals surface area contributed by atoms with Crippen LogP contribution in [-0.2, 0) is 16.0 Å². The van der Waals surface area contributed by atoms with E-state index < -0.39 is 22.3 Å². The molecule has 198 valence electrons. The van der Waals surface area contributed by atoms with Gasteiger partial charge in [0.1, 0.15) is 16.2 Å². The van der Waals surface area contributed by atoms with E-state index in [0.29, 0.717) is 5.92 Å². The number of aliphatic carboxylic acids is 1. The molecule has 2 N–H and O–H groups in total. The minimum absolute atomic E-state index is 0.162. The Bertz CT molecular complexity index is 1390. The van der Waals surface area contributed by atoms with Crippen molar-refractivity contribution in [3.05, 3.63) is 54.0 Å². The Morgan fingerprint density at radius 2 is 1.97 bits per heavy atom. The second kappa shape index (κ2) is 10.3. The molecule has 3 fully saturated rings. The van der Waals surface area contributed by atoms with Crippen LogP contribution in [0, 0.1) is 5.41 Å². The van der Waals surface area contributed by atoms with Crippen LogP contribution in [0.2, 0.25) is 0 Å². The number of nitrogens with one attached hydrogen (secondary N) is 1. The number of fused-ring (bicyclic) bond motifs is 1. The number of ketones is 1. The number of carbonyl (C=O) groups is 2. The summed E-state index contributed by atoms with van der Waals surface area (Å²) in [6.45, 7) is 1.92. The Labute approximate surface area is 230 Å². The van der Waals surface area contributed by atoms with Crippen molar-refractivity contribution in [2.45, 2.75) is 68.2 Å². The first-order chi connectivity index (χ1) is 18.5. The topological polar surface area (TPSA) is 109 Å². The summed E-state index contributed by atoms with van der Waals surface area (Å²) in [6.07, 6.45) is 8.89. The van der Waals surface area contributed by atoms with Gasteiger partial charge in [-0.05, 0) is 62.1 Å². The number of hydrogen-bond donors (Lipinski definition) is 2. The zero-order valence-corrected chi connectivity index (χ0v) is 22.9. The molecule has 2 aliphatic carbocycles. The van der Waals surface area contributed by atoms with Gasteiger partial charge in [0.05, 0.1) is 5.41 Å². The van der Waals surface area contributed by atoms with E-state index in [1.807, 2.05) is 36.4 Å². The number of carboxylic acid groups (broad SMARTS) is 1. The maximum Gasteiger partial charge on any atom is 0.328 e. The first-order valence-corrected chi connectivity index (χ1v) is 14.5. The lowest BCUT2D eigenvalue weighted by Gasteiger charge is -2.47. The molecule has 3 heterocycles. The molecule has 1 spiro atoms. The van der Waals surface area contributed by atoms with Crippen LogP contribution in [0.4, 0.5) is 0 Å². The van der Waals surface area contributed by atoms with Gasteiger partial charge in [0.15, 0.2) is 17.5 Å². The molecule has 9 heteroatoms. The van der Waals surface area contributed by atoms with Crippen LogP contribution in [0.15, 0.2) is 47.6 Å². The molecular formula is C29H32BrN5O3. The number of benzene rings is 1. The fourth-order valence-electron chi connectivity index (χ4n) is 6.40. The molecule has 1 saturated heterocycles. The van der Waals surface area contributed by atoms with E-state index in [1.54, 1.807) is 6.20 Å². The number of pyridine rings is 1. The van der Waals surface area contributed by atoms with Crippen molar-refractivity contribution in [1.29, 1.82) is 0 Å².